The van der Waals surface area contributed by atoms with Crippen LogP contribution in [0.1, 0.15) is 42.2 Å². The zero-order chi connectivity index (χ0) is 27.3. The van der Waals surface area contributed by atoms with Gasteiger partial charge >= 0.3 is 6.18 Å². The van der Waals surface area contributed by atoms with E-state index in [4.69, 9.17) is 0 Å². The lowest BCUT2D eigenvalue weighted by molar-refractivity contribution is -0.138. The van der Waals surface area contributed by atoms with Crippen molar-refractivity contribution in [3.05, 3.63) is 107 Å². The molecule has 3 aromatic carbocycles. The molecule has 0 unspecified atom stereocenters. The number of alkyl halides is 3. The molecule has 0 radical (unpaired) electrons. The van der Waals surface area contributed by atoms with E-state index in [1.807, 2.05) is 6.07 Å². The minimum Gasteiger partial charge on any atom is -0.343 e. The van der Waals surface area contributed by atoms with Gasteiger partial charge in [-0.1, -0.05) is 54.6 Å². The van der Waals surface area contributed by atoms with Crippen LogP contribution in [0.25, 0.3) is 0 Å². The Kier molecular flexibility index (Phi) is 7.90. The maximum absolute atomic E-state index is 13.3. The van der Waals surface area contributed by atoms with Crippen molar-refractivity contribution in [2.24, 2.45) is 0 Å². The molecule has 1 N–H and O–H groups in total. The molecular formula is C28H24F3N3O4. The number of piperazine rings is 1. The van der Waals surface area contributed by atoms with Crippen LogP contribution in [0.15, 0.2) is 78.9 Å². The van der Waals surface area contributed by atoms with Crippen LogP contribution in [-0.4, -0.2) is 66.0 Å². The van der Waals surface area contributed by atoms with Gasteiger partial charge in [0, 0.05) is 42.9 Å². The highest BCUT2D eigenvalue weighted by Crippen LogP contribution is 2.32. The summed E-state index contributed by atoms with van der Waals surface area (Å²) in [6.45, 7) is 0.119. The molecule has 10 heteroatoms. The highest BCUT2D eigenvalue weighted by atomic mass is 19.4. The molecule has 38 heavy (non-hydrogen) atoms. The molecule has 1 saturated heterocycles. The molecule has 0 aromatic heterocycles. The Labute approximate surface area is 216 Å². The third kappa shape index (κ3) is 6.08. The normalized spacial score (nSPS) is 13.7. The van der Waals surface area contributed by atoms with Gasteiger partial charge < -0.3 is 15.1 Å². The predicted octanol–water partition coefficient (Wildman–Crippen LogP) is 3.65. The van der Waals surface area contributed by atoms with Crippen LogP contribution in [-0.2, 0) is 11.0 Å². The molecule has 7 nitrogen and oxygen atoms in total. The second kappa shape index (κ2) is 11.3. The monoisotopic (exact) mass is 523 g/mol. The van der Waals surface area contributed by atoms with Crippen molar-refractivity contribution < 1.29 is 32.3 Å². The molecule has 3 amide bonds. The maximum Gasteiger partial charge on any atom is 0.417 e. The Bertz CT molecular complexity index is 1330. The van der Waals surface area contributed by atoms with Gasteiger partial charge in [-0.2, -0.15) is 13.2 Å². The lowest BCUT2D eigenvalue weighted by Gasteiger charge is -2.35. The van der Waals surface area contributed by atoms with E-state index in [0.29, 0.717) is 11.1 Å². The molecular weight excluding hydrogens is 499 g/mol. The highest BCUT2D eigenvalue weighted by Gasteiger charge is 2.36. The Morgan fingerprint density at radius 3 is 1.84 bits per heavy atom. The molecule has 0 atom stereocenters. The fraction of sp³-hybridized carbons (Fsp3) is 0.214. The zero-order valence-corrected chi connectivity index (χ0v) is 20.2. The van der Waals surface area contributed by atoms with E-state index in [1.165, 1.54) is 34.1 Å². The summed E-state index contributed by atoms with van der Waals surface area (Å²) in [4.78, 5) is 53.0. The first-order valence-corrected chi connectivity index (χ1v) is 11.9. The summed E-state index contributed by atoms with van der Waals surface area (Å²) in [5.41, 5.74) is -0.191. The number of halogens is 3. The summed E-state index contributed by atoms with van der Waals surface area (Å²) in [7, 11) is 0. The number of carbonyl (C=O) groups excluding carboxylic acids is 4. The minimum atomic E-state index is -4.65. The largest absolute Gasteiger partial charge is 0.417 e. The number of ketones is 1. The lowest BCUT2D eigenvalue weighted by Crippen LogP contribution is -2.52. The van der Waals surface area contributed by atoms with Crippen LogP contribution in [0, 0.1) is 0 Å². The van der Waals surface area contributed by atoms with Crippen molar-refractivity contribution in [2.75, 3.05) is 32.7 Å². The fourth-order valence-corrected chi connectivity index (χ4v) is 4.15. The number of amides is 3. The molecule has 0 saturated carbocycles. The topological polar surface area (TPSA) is 86.8 Å². The fourth-order valence-electron chi connectivity index (χ4n) is 4.15. The number of benzene rings is 3. The van der Waals surface area contributed by atoms with Gasteiger partial charge in [0.25, 0.3) is 11.8 Å². The van der Waals surface area contributed by atoms with Crippen molar-refractivity contribution in [3.8, 4) is 0 Å². The maximum atomic E-state index is 13.3. The molecule has 0 bridgehead atoms. The van der Waals surface area contributed by atoms with Crippen molar-refractivity contribution in [2.45, 2.75) is 6.18 Å². The van der Waals surface area contributed by atoms with Crippen LogP contribution < -0.4 is 5.32 Å². The Hall–Kier alpha value is -4.47. The number of carbonyl (C=O) groups is 4. The van der Waals surface area contributed by atoms with Gasteiger partial charge in [-0.15, -0.1) is 0 Å². The number of nitrogens with zero attached hydrogens (tertiary/aromatic N) is 2. The second-order valence-electron chi connectivity index (χ2n) is 8.67. The third-order valence-electron chi connectivity index (χ3n) is 6.23. The van der Waals surface area contributed by atoms with Crippen molar-refractivity contribution in [3.63, 3.8) is 0 Å². The second-order valence-corrected chi connectivity index (χ2v) is 8.67. The Morgan fingerprint density at radius 1 is 0.684 bits per heavy atom. The first kappa shape index (κ1) is 26.6. The summed E-state index contributed by atoms with van der Waals surface area (Å²) >= 11 is 0. The summed E-state index contributed by atoms with van der Waals surface area (Å²) < 4.78 is 39.8. The molecule has 3 aromatic rings. The van der Waals surface area contributed by atoms with Gasteiger partial charge in [-0.25, -0.2) is 0 Å². The molecule has 1 heterocycles. The van der Waals surface area contributed by atoms with E-state index in [2.05, 4.69) is 5.32 Å². The number of hydrogen-bond acceptors (Lipinski definition) is 4. The van der Waals surface area contributed by atoms with Gasteiger partial charge in [-0.3, -0.25) is 19.2 Å². The van der Waals surface area contributed by atoms with Crippen LogP contribution >= 0.6 is 0 Å². The van der Waals surface area contributed by atoms with Gasteiger partial charge in [-0.05, 0) is 24.3 Å². The van der Waals surface area contributed by atoms with Crippen LogP contribution in [0.2, 0.25) is 0 Å². The molecule has 1 aliphatic rings. The van der Waals surface area contributed by atoms with Gasteiger partial charge in [0.05, 0.1) is 17.7 Å². The van der Waals surface area contributed by atoms with Crippen LogP contribution in [0.5, 0.6) is 0 Å². The zero-order valence-electron chi connectivity index (χ0n) is 20.2. The quantitative estimate of drug-likeness (QED) is 0.500. The van der Waals surface area contributed by atoms with E-state index in [1.54, 1.807) is 36.4 Å². The van der Waals surface area contributed by atoms with E-state index >= 15 is 0 Å². The molecule has 1 fully saturated rings. The summed E-state index contributed by atoms with van der Waals surface area (Å²) in [6.07, 6.45) is -4.65. The standard InChI is InChI=1S/C28H24F3N3O4/c29-28(30,31)23-9-5-4-8-22(23)27(38)34-16-14-33(15-17-34)24(35)18-32-26(37)21-12-10-20(11-13-21)25(36)19-6-2-1-3-7-19/h1-13H,14-18H2,(H,32,37). The van der Waals surface area contributed by atoms with Gasteiger partial charge in [0.2, 0.25) is 5.91 Å². The first-order valence-electron chi connectivity index (χ1n) is 11.9. The van der Waals surface area contributed by atoms with E-state index in [9.17, 15) is 32.3 Å². The molecule has 1 aliphatic heterocycles. The Morgan fingerprint density at radius 2 is 1.21 bits per heavy atom. The smallest absolute Gasteiger partial charge is 0.343 e. The highest BCUT2D eigenvalue weighted by molar-refractivity contribution is 6.09. The average molecular weight is 524 g/mol. The van der Waals surface area contributed by atoms with Crippen LogP contribution in [0.3, 0.4) is 0 Å². The molecule has 0 spiro atoms. The molecule has 4 rings (SSSR count). The van der Waals surface area contributed by atoms with Crippen LogP contribution in [0.4, 0.5) is 13.2 Å². The van der Waals surface area contributed by atoms with Gasteiger partial charge in [0.15, 0.2) is 5.78 Å². The first-order chi connectivity index (χ1) is 18.1. The number of rotatable bonds is 6. The van der Waals surface area contributed by atoms with Crippen molar-refractivity contribution >= 4 is 23.5 Å². The summed E-state index contributed by atoms with van der Waals surface area (Å²) in [5, 5.41) is 2.54. The summed E-state index contributed by atoms with van der Waals surface area (Å²) in [6, 6.07) is 19.4. The van der Waals surface area contributed by atoms with Crippen molar-refractivity contribution in [1.82, 2.24) is 15.1 Å². The van der Waals surface area contributed by atoms with Crippen molar-refractivity contribution in [1.29, 1.82) is 0 Å². The predicted molar refractivity (Wildman–Crippen MR) is 133 cm³/mol. The number of hydrogen-bond donors (Lipinski definition) is 1. The lowest BCUT2D eigenvalue weighted by atomic mass is 10.0. The van der Waals surface area contributed by atoms with E-state index in [-0.39, 0.29) is 50.0 Å². The van der Waals surface area contributed by atoms with Gasteiger partial charge in [0.1, 0.15) is 0 Å². The molecule has 196 valence electrons. The molecule has 0 aliphatic carbocycles. The minimum absolute atomic E-state index is 0.0710. The average Bonchev–Trinajstić information content (AvgIpc) is 2.95. The van der Waals surface area contributed by atoms with E-state index < -0.39 is 29.1 Å². The number of nitrogens with one attached hydrogen (secondary N) is 1. The summed E-state index contributed by atoms with van der Waals surface area (Å²) in [5.74, 6) is -1.79. The SMILES string of the molecule is O=C(NCC(=O)N1CCN(C(=O)c2ccccc2C(F)(F)F)CC1)c1ccc(C(=O)c2ccccc2)cc1. The van der Waals surface area contributed by atoms with E-state index in [0.717, 1.165) is 12.1 Å². The third-order valence-corrected chi connectivity index (χ3v) is 6.23. The Balaban J connectivity index is 1.28.